The van der Waals surface area contributed by atoms with Crippen LogP contribution >= 0.6 is 0 Å². The second kappa shape index (κ2) is 34.0. The zero-order chi connectivity index (χ0) is 62.5. The largest absolute Gasteiger partial charge is 0.497 e. The molecule has 0 radical (unpaired) electrons. The Kier molecular flexibility index (Phi) is 29.6. The van der Waals surface area contributed by atoms with Crippen molar-refractivity contribution in [3.05, 3.63) is 29.8 Å². The first-order valence-corrected chi connectivity index (χ1v) is 28.3. The lowest BCUT2D eigenvalue weighted by Gasteiger charge is -2.35. The monoisotopic (exact) mass is 1160 g/mol. The number of nitrogens with two attached hydrogens (primary N) is 2. The number of benzene rings is 1. The summed E-state index contributed by atoms with van der Waals surface area (Å²) in [5, 5.41) is 33.6. The molecule has 0 spiro atoms. The summed E-state index contributed by atoms with van der Waals surface area (Å²) in [6.45, 7) is 18.8. The SMILES string of the molecule is CC[C@H](C)[C@H]1NC(=O)[C@@H](NC(=O)[C@@H](CC(C)C)NC)[C@@H](C)OC(=O)[C@H](Cc2ccc(OC)cc2)N(C)C(=O)[C@@H]2CCCN2C(=O)[C@H](CC(C)C)NC(=O)[C@@H](C)C(=O)[C@H](C(C)C)OC(=O)C[C@@H]1O.C[C@H](NC(=O)[C@@H](N)CCC(N)=O)C(=O)O. The molecule has 25 heteroatoms. The molecular weight excluding hydrogens is 1070 g/mol. The van der Waals surface area contributed by atoms with E-state index in [1.165, 1.54) is 44.7 Å². The lowest BCUT2D eigenvalue weighted by Crippen LogP contribution is -2.61. The first-order valence-electron chi connectivity index (χ1n) is 28.3. The minimum atomic E-state index is -1.55. The highest BCUT2D eigenvalue weighted by Crippen LogP contribution is 2.26. The number of Topliss-reactive ketones (excluding diaryl/α,β-unsaturated/α-hetero) is 1. The maximum absolute atomic E-state index is 14.7. The number of nitrogens with one attached hydrogen (secondary N) is 5. The molecule has 0 aliphatic carbocycles. The maximum atomic E-state index is 14.7. The van der Waals surface area contributed by atoms with Gasteiger partial charge in [-0.3, -0.25) is 47.9 Å². The van der Waals surface area contributed by atoms with Crippen LogP contribution < -0.4 is 42.8 Å². The molecule has 0 saturated carbocycles. The van der Waals surface area contributed by atoms with E-state index in [0.29, 0.717) is 30.6 Å². The topological polar surface area (TPSA) is 375 Å². The number of fused-ring (bicyclic) bond motifs is 1. The van der Waals surface area contributed by atoms with E-state index in [0.717, 1.165) is 0 Å². The number of aliphatic hydroxyl groups is 1. The number of amides is 7. The molecule has 82 heavy (non-hydrogen) atoms. The summed E-state index contributed by atoms with van der Waals surface area (Å²) in [7, 11) is 4.56. The molecule has 7 amide bonds. The van der Waals surface area contributed by atoms with Gasteiger partial charge >= 0.3 is 17.9 Å². The van der Waals surface area contributed by atoms with Crippen LogP contribution in [0.2, 0.25) is 0 Å². The Morgan fingerprint density at radius 3 is 2.02 bits per heavy atom. The lowest BCUT2D eigenvalue weighted by atomic mass is 9.91. The molecule has 2 aliphatic heterocycles. The minimum absolute atomic E-state index is 0.00393. The molecule has 13 atom stereocenters. The number of ether oxygens (including phenoxy) is 3. The Morgan fingerprint density at radius 1 is 0.878 bits per heavy atom. The summed E-state index contributed by atoms with van der Waals surface area (Å²) in [6, 6.07) is -1.89. The van der Waals surface area contributed by atoms with Crippen molar-refractivity contribution in [2.75, 3.05) is 27.7 Å². The molecule has 462 valence electrons. The summed E-state index contributed by atoms with van der Waals surface area (Å²) in [4.78, 5) is 148. The molecule has 2 saturated heterocycles. The van der Waals surface area contributed by atoms with Crippen LogP contribution in [0.4, 0.5) is 0 Å². The van der Waals surface area contributed by atoms with E-state index in [2.05, 4.69) is 26.6 Å². The smallest absolute Gasteiger partial charge is 0.329 e. The number of esters is 2. The van der Waals surface area contributed by atoms with E-state index >= 15 is 0 Å². The lowest BCUT2D eigenvalue weighted by molar-refractivity contribution is -0.163. The quantitative estimate of drug-likeness (QED) is 0.0685. The summed E-state index contributed by atoms with van der Waals surface area (Å²) in [5.74, 6) is -10.0. The number of carboxylic acid groups (broad SMARTS) is 1. The highest BCUT2D eigenvalue weighted by molar-refractivity contribution is 6.05. The molecule has 25 nitrogen and oxygen atoms in total. The Balaban J connectivity index is 0.00000133. The number of cyclic esters (lactones) is 2. The van der Waals surface area contributed by atoms with E-state index in [-0.39, 0.29) is 50.5 Å². The third-order valence-corrected chi connectivity index (χ3v) is 14.6. The summed E-state index contributed by atoms with van der Waals surface area (Å²) < 4.78 is 17.1. The third kappa shape index (κ3) is 21.9. The van der Waals surface area contributed by atoms with Gasteiger partial charge in [-0.05, 0) is 101 Å². The Bertz CT molecular complexity index is 2350. The molecule has 3 rings (SSSR count). The van der Waals surface area contributed by atoms with Crippen molar-refractivity contribution >= 4 is 65.0 Å². The molecule has 0 unspecified atom stereocenters. The van der Waals surface area contributed by atoms with Crippen molar-refractivity contribution in [1.82, 2.24) is 36.4 Å². The van der Waals surface area contributed by atoms with Gasteiger partial charge in [0, 0.05) is 26.4 Å². The summed E-state index contributed by atoms with van der Waals surface area (Å²) in [6.07, 6.45) is -3.20. The van der Waals surface area contributed by atoms with Gasteiger partial charge in [0.1, 0.15) is 42.1 Å². The molecule has 1 aromatic carbocycles. The molecule has 0 bridgehead atoms. The van der Waals surface area contributed by atoms with Crippen LogP contribution in [0.3, 0.4) is 0 Å². The third-order valence-electron chi connectivity index (χ3n) is 14.6. The Hall–Kier alpha value is -6.73. The van der Waals surface area contributed by atoms with E-state index in [4.69, 9.17) is 30.8 Å². The number of aliphatic carboxylic acids is 1. The Labute approximate surface area is 482 Å². The zero-order valence-electron chi connectivity index (χ0n) is 50.3. The standard InChI is InChI=1S/C49H78N6O12.C8H15N3O4/c1-14-29(8)40-38(56)25-39(57)67-43(28(6)7)42(58)30(9)44(59)51-35(23-27(4)5)47(62)55-21-15-16-36(55)48(63)54(12)37(24-32-17-19-33(65-13)20-18-32)49(64)66-31(10)41(46(61)52-40)53-45(60)34(50-11)22-26(2)3;1-4(8(14)15)11-7(13)5(9)2-3-6(10)12/h17-20,26-31,34-38,40-41,43,50,56H,14-16,21-25H2,1-13H3,(H,51,59)(H,52,61)(H,53,60);4-5H,2-3,9H2,1H3,(H2,10,12)(H,11,13)(H,14,15)/t29-,30-,31+,34+,35-,36-,37-,38-,40+,41-,43-;4-,5-/m00/s1. The van der Waals surface area contributed by atoms with Gasteiger partial charge in [-0.15, -0.1) is 0 Å². The van der Waals surface area contributed by atoms with Gasteiger partial charge in [0.05, 0.1) is 43.7 Å². The van der Waals surface area contributed by atoms with Crippen LogP contribution in [0.25, 0.3) is 0 Å². The van der Waals surface area contributed by atoms with Crippen molar-refractivity contribution in [2.45, 2.75) is 201 Å². The maximum Gasteiger partial charge on any atom is 0.329 e. The summed E-state index contributed by atoms with van der Waals surface area (Å²) in [5.41, 5.74) is 10.9. The van der Waals surface area contributed by atoms with Gasteiger partial charge in [0.25, 0.3) is 0 Å². The highest BCUT2D eigenvalue weighted by atomic mass is 16.6. The number of carbonyl (C=O) groups is 11. The van der Waals surface area contributed by atoms with Crippen LogP contribution in [0.1, 0.15) is 133 Å². The van der Waals surface area contributed by atoms with E-state index < -0.39 is 156 Å². The number of nitrogens with zero attached hydrogens (tertiary/aromatic N) is 2. The number of likely N-dealkylation sites (N-methyl/N-ethyl adjacent to an activating group) is 2. The first-order chi connectivity index (χ1) is 38.3. The molecule has 0 aromatic heterocycles. The predicted molar refractivity (Wildman–Crippen MR) is 302 cm³/mol. The van der Waals surface area contributed by atoms with Gasteiger partial charge in [0.2, 0.25) is 41.4 Å². The average Bonchev–Trinajstić information content (AvgIpc) is 4.13. The van der Waals surface area contributed by atoms with Crippen LogP contribution in [0.15, 0.2) is 24.3 Å². The number of hydrogen-bond acceptors (Lipinski definition) is 17. The van der Waals surface area contributed by atoms with Crippen LogP contribution in [0, 0.1) is 29.6 Å². The van der Waals surface area contributed by atoms with Gasteiger partial charge in [-0.1, -0.05) is 73.9 Å². The average molecular weight is 1160 g/mol. The van der Waals surface area contributed by atoms with Crippen molar-refractivity contribution < 1.29 is 77.2 Å². The van der Waals surface area contributed by atoms with E-state index in [1.807, 2.05) is 34.6 Å². The van der Waals surface area contributed by atoms with Crippen molar-refractivity contribution in [2.24, 2.45) is 41.1 Å². The summed E-state index contributed by atoms with van der Waals surface area (Å²) >= 11 is 0. The second-order valence-corrected chi connectivity index (χ2v) is 22.6. The molecule has 2 heterocycles. The first kappa shape index (κ1) is 71.4. The Morgan fingerprint density at radius 2 is 1.50 bits per heavy atom. The minimum Gasteiger partial charge on any atom is -0.497 e. The van der Waals surface area contributed by atoms with Gasteiger partial charge < -0.3 is 72.3 Å². The fourth-order valence-corrected chi connectivity index (χ4v) is 9.36. The van der Waals surface area contributed by atoms with Gasteiger partial charge in [0.15, 0.2) is 11.9 Å². The van der Waals surface area contributed by atoms with Gasteiger partial charge in [-0.2, -0.15) is 0 Å². The van der Waals surface area contributed by atoms with Gasteiger partial charge in [-0.25, -0.2) is 4.79 Å². The van der Waals surface area contributed by atoms with E-state index in [9.17, 15) is 57.8 Å². The molecule has 2 aliphatic rings. The fraction of sp³-hybridized carbons (Fsp3) is 0.702. The number of rotatable bonds is 19. The fourth-order valence-electron chi connectivity index (χ4n) is 9.36. The number of aliphatic hydroxyl groups excluding tert-OH is 1. The van der Waals surface area contributed by atoms with Crippen molar-refractivity contribution in [1.29, 1.82) is 0 Å². The second-order valence-electron chi connectivity index (χ2n) is 22.6. The molecule has 1 aromatic rings. The zero-order valence-corrected chi connectivity index (χ0v) is 50.3. The van der Waals surface area contributed by atoms with Crippen LogP contribution in [-0.2, 0) is 68.6 Å². The molecule has 11 N–H and O–H groups in total. The van der Waals surface area contributed by atoms with Crippen molar-refractivity contribution in [3.63, 3.8) is 0 Å². The van der Waals surface area contributed by atoms with Crippen molar-refractivity contribution in [3.8, 4) is 5.75 Å². The normalized spacial score (nSPS) is 25.3. The molecular formula is C57H93N9O16. The number of primary amides is 1. The van der Waals surface area contributed by atoms with Crippen LogP contribution in [-0.4, -0.2) is 179 Å². The number of ketones is 1. The highest BCUT2D eigenvalue weighted by Gasteiger charge is 2.44. The van der Waals surface area contributed by atoms with E-state index in [1.54, 1.807) is 52.1 Å². The number of hydrogen-bond donors (Lipinski definition) is 9. The number of methoxy groups -OCH3 is 1. The predicted octanol–water partition coefficient (Wildman–Crippen LogP) is 0.874. The molecule has 2 fully saturated rings. The number of carbonyl (C=O) groups excluding carboxylic acids is 10. The number of carboxylic acids is 1. The van der Waals surface area contributed by atoms with Crippen LogP contribution in [0.5, 0.6) is 5.75 Å².